The van der Waals surface area contributed by atoms with Crippen LogP contribution in [-0.4, -0.2) is 46.7 Å². The largest absolute Gasteiger partial charge is 0.380 e. The lowest BCUT2D eigenvalue weighted by Crippen LogP contribution is -2.47. The van der Waals surface area contributed by atoms with E-state index in [-0.39, 0.29) is 0 Å². The third-order valence-corrected chi connectivity index (χ3v) is 3.21. The molecule has 0 aliphatic heterocycles. The summed E-state index contributed by atoms with van der Waals surface area (Å²) in [5.41, 5.74) is 5.57. The summed E-state index contributed by atoms with van der Waals surface area (Å²) in [5, 5.41) is 26.7. The van der Waals surface area contributed by atoms with E-state index in [2.05, 4.69) is 21.1 Å². The van der Waals surface area contributed by atoms with E-state index in [0.717, 1.165) is 11.1 Å². The minimum absolute atomic E-state index is 0.732. The highest BCUT2D eigenvalue weighted by atomic mass is 16.3. The molecule has 4 N–H and O–H groups in total. The van der Waals surface area contributed by atoms with Gasteiger partial charge in [-0.15, -0.1) is 0 Å². The maximum absolute atomic E-state index is 11.7. The number of nitrogens with one attached hydrogen (secondary N) is 2. The molecule has 0 unspecified atom stereocenters. The molecule has 0 radical (unpaired) electrons. The Morgan fingerprint density at radius 3 is 1.42 bits per heavy atom. The van der Waals surface area contributed by atoms with Crippen molar-refractivity contribution in [1.82, 2.24) is 10.9 Å². The van der Waals surface area contributed by atoms with Gasteiger partial charge in [0, 0.05) is 0 Å². The number of hydrazone groups is 2. The minimum Gasteiger partial charge on any atom is -0.380 e. The number of nitrogens with zero attached hydrogens (tertiary/aromatic N) is 2. The molecule has 0 heterocycles. The van der Waals surface area contributed by atoms with Gasteiger partial charge in [-0.05, 0) is 11.1 Å². The topological polar surface area (TPSA) is 123 Å². The van der Waals surface area contributed by atoms with Crippen molar-refractivity contribution in [2.75, 3.05) is 0 Å². The van der Waals surface area contributed by atoms with E-state index in [1.807, 2.05) is 12.1 Å². The maximum atomic E-state index is 11.7. The summed E-state index contributed by atoms with van der Waals surface area (Å²) < 4.78 is 0. The van der Waals surface area contributed by atoms with Crippen molar-refractivity contribution in [2.24, 2.45) is 10.2 Å². The molecule has 2 amide bonds. The number of carbonyl (C=O) groups excluding carboxylic acids is 2. The molecule has 2 aromatic carbocycles. The summed E-state index contributed by atoms with van der Waals surface area (Å²) >= 11 is 0. The van der Waals surface area contributed by atoms with Gasteiger partial charge in [0.1, 0.15) is 0 Å². The summed E-state index contributed by atoms with van der Waals surface area (Å²) in [5.74, 6) is -2.04. The standard InChI is InChI=1S/C18H18N4O4/c23-15(17(25)21-19-11-13-7-3-1-4-8-13)16(24)18(26)22-20-12-14-9-5-2-6-10-14/h1-12,15-16,23-24H,(H,21,25)(H,22,26)/b19-11-,20-12-/t15-,16+. The second-order valence-corrected chi connectivity index (χ2v) is 5.18. The van der Waals surface area contributed by atoms with E-state index >= 15 is 0 Å². The Morgan fingerprint density at radius 2 is 1.08 bits per heavy atom. The predicted octanol–water partition coefficient (Wildman–Crippen LogP) is 0.00880. The van der Waals surface area contributed by atoms with Crippen molar-refractivity contribution in [3.05, 3.63) is 71.8 Å². The summed E-state index contributed by atoms with van der Waals surface area (Å²) in [6, 6.07) is 17.9. The van der Waals surface area contributed by atoms with Gasteiger partial charge in [-0.3, -0.25) is 9.59 Å². The maximum Gasteiger partial charge on any atom is 0.272 e. The van der Waals surface area contributed by atoms with Gasteiger partial charge < -0.3 is 10.2 Å². The molecule has 26 heavy (non-hydrogen) atoms. The molecule has 0 saturated heterocycles. The fourth-order valence-electron chi connectivity index (χ4n) is 1.84. The fourth-order valence-corrected chi connectivity index (χ4v) is 1.84. The Kier molecular flexibility index (Phi) is 7.17. The lowest BCUT2D eigenvalue weighted by atomic mass is 10.2. The van der Waals surface area contributed by atoms with Crippen molar-refractivity contribution in [2.45, 2.75) is 12.2 Å². The first-order chi connectivity index (χ1) is 12.6. The number of hydrogen-bond donors (Lipinski definition) is 4. The van der Waals surface area contributed by atoms with E-state index in [9.17, 15) is 19.8 Å². The number of rotatable bonds is 7. The van der Waals surface area contributed by atoms with Gasteiger partial charge in [0.2, 0.25) is 0 Å². The van der Waals surface area contributed by atoms with Crippen LogP contribution in [0.25, 0.3) is 0 Å². The van der Waals surface area contributed by atoms with Gasteiger partial charge in [0.05, 0.1) is 12.4 Å². The van der Waals surface area contributed by atoms with E-state index in [4.69, 9.17) is 0 Å². The van der Waals surface area contributed by atoms with Crippen LogP contribution in [0.3, 0.4) is 0 Å². The van der Waals surface area contributed by atoms with Gasteiger partial charge in [-0.1, -0.05) is 60.7 Å². The smallest absolute Gasteiger partial charge is 0.272 e. The Bertz CT molecular complexity index is 711. The monoisotopic (exact) mass is 354 g/mol. The van der Waals surface area contributed by atoms with Crippen molar-refractivity contribution in [1.29, 1.82) is 0 Å². The molecule has 0 spiro atoms. The highest BCUT2D eigenvalue weighted by Crippen LogP contribution is 1.97. The van der Waals surface area contributed by atoms with Crippen LogP contribution in [0.15, 0.2) is 70.9 Å². The molecule has 0 aliphatic carbocycles. The SMILES string of the molecule is O=C(N/N=C\c1ccccc1)[C@@H](O)[C@@H](O)C(=O)N/N=C\c1ccccc1. The van der Waals surface area contributed by atoms with Gasteiger partial charge in [-0.25, -0.2) is 10.9 Å². The second-order valence-electron chi connectivity index (χ2n) is 5.18. The number of aliphatic hydroxyl groups is 2. The first-order valence-electron chi connectivity index (χ1n) is 7.70. The Balaban J connectivity index is 1.82. The van der Waals surface area contributed by atoms with Crippen LogP contribution in [0.5, 0.6) is 0 Å². The minimum atomic E-state index is -1.99. The van der Waals surface area contributed by atoms with Crippen LogP contribution < -0.4 is 10.9 Å². The van der Waals surface area contributed by atoms with Crippen LogP contribution in [0.1, 0.15) is 11.1 Å². The lowest BCUT2D eigenvalue weighted by molar-refractivity contribution is -0.146. The zero-order valence-electron chi connectivity index (χ0n) is 13.7. The summed E-state index contributed by atoms with van der Waals surface area (Å²) in [6.45, 7) is 0. The van der Waals surface area contributed by atoms with Crippen molar-refractivity contribution < 1.29 is 19.8 Å². The van der Waals surface area contributed by atoms with Crippen LogP contribution in [0, 0.1) is 0 Å². The molecule has 0 aromatic heterocycles. The third kappa shape index (κ3) is 5.93. The number of aliphatic hydroxyl groups excluding tert-OH is 2. The zero-order chi connectivity index (χ0) is 18.8. The first kappa shape index (κ1) is 19.0. The molecule has 0 fully saturated rings. The quantitative estimate of drug-likeness (QED) is 0.413. The van der Waals surface area contributed by atoms with Gasteiger partial charge in [-0.2, -0.15) is 10.2 Å². The molecule has 8 heteroatoms. The van der Waals surface area contributed by atoms with Crippen LogP contribution >= 0.6 is 0 Å². The number of amides is 2. The highest BCUT2D eigenvalue weighted by molar-refractivity contribution is 5.91. The van der Waals surface area contributed by atoms with E-state index < -0.39 is 24.0 Å². The molecule has 8 nitrogen and oxygen atoms in total. The molecule has 2 atom stereocenters. The van der Waals surface area contributed by atoms with Crippen molar-refractivity contribution in [3.8, 4) is 0 Å². The van der Waals surface area contributed by atoms with Crippen molar-refractivity contribution in [3.63, 3.8) is 0 Å². The summed E-state index contributed by atoms with van der Waals surface area (Å²) in [7, 11) is 0. The Labute approximate surface area is 149 Å². The number of carbonyl (C=O) groups is 2. The summed E-state index contributed by atoms with van der Waals surface area (Å²) in [6.07, 6.45) is -1.26. The second kappa shape index (κ2) is 9.82. The number of hydrogen-bond acceptors (Lipinski definition) is 6. The molecule has 0 aliphatic rings. The molecular formula is C18H18N4O4. The highest BCUT2D eigenvalue weighted by Gasteiger charge is 2.30. The molecule has 0 bridgehead atoms. The average molecular weight is 354 g/mol. The predicted molar refractivity (Wildman–Crippen MR) is 96.4 cm³/mol. The van der Waals surface area contributed by atoms with Crippen LogP contribution in [0.2, 0.25) is 0 Å². The van der Waals surface area contributed by atoms with Crippen LogP contribution in [0.4, 0.5) is 0 Å². The van der Waals surface area contributed by atoms with Crippen molar-refractivity contribution >= 4 is 24.2 Å². The molecular weight excluding hydrogens is 336 g/mol. The molecule has 2 rings (SSSR count). The molecule has 134 valence electrons. The van der Waals surface area contributed by atoms with Crippen LogP contribution in [-0.2, 0) is 9.59 Å². The third-order valence-electron chi connectivity index (χ3n) is 3.21. The first-order valence-corrected chi connectivity index (χ1v) is 7.70. The Morgan fingerprint density at radius 1 is 0.731 bits per heavy atom. The molecule has 0 saturated carbocycles. The average Bonchev–Trinajstić information content (AvgIpc) is 2.68. The summed E-state index contributed by atoms with van der Waals surface area (Å²) in [4.78, 5) is 23.4. The van der Waals surface area contributed by atoms with Gasteiger partial charge >= 0.3 is 0 Å². The number of benzene rings is 2. The van der Waals surface area contributed by atoms with E-state index in [1.165, 1.54) is 12.4 Å². The Hall–Kier alpha value is -3.36. The van der Waals surface area contributed by atoms with E-state index in [1.54, 1.807) is 48.5 Å². The molecule has 2 aromatic rings. The fraction of sp³-hybridized carbons (Fsp3) is 0.111. The van der Waals surface area contributed by atoms with E-state index in [0.29, 0.717) is 0 Å². The lowest BCUT2D eigenvalue weighted by Gasteiger charge is -2.14. The van der Waals surface area contributed by atoms with Gasteiger partial charge in [0.15, 0.2) is 12.2 Å². The normalized spacial score (nSPS) is 13.5. The zero-order valence-corrected chi connectivity index (χ0v) is 13.7. The van der Waals surface area contributed by atoms with Gasteiger partial charge in [0.25, 0.3) is 11.8 Å².